The summed E-state index contributed by atoms with van der Waals surface area (Å²) < 4.78 is 16.2. The smallest absolute Gasteiger partial charge is 0.333 e. The van der Waals surface area contributed by atoms with Crippen LogP contribution in [0.25, 0.3) is 0 Å². The largest absolute Gasteiger partial charge is 0.464 e. The first kappa shape index (κ1) is 45.9. The van der Waals surface area contributed by atoms with E-state index in [-0.39, 0.29) is 30.9 Å². The van der Waals surface area contributed by atoms with Gasteiger partial charge in [-0.25, -0.2) is 4.79 Å². The van der Waals surface area contributed by atoms with Gasteiger partial charge in [0.05, 0.1) is 18.4 Å². The van der Waals surface area contributed by atoms with Crippen LogP contribution in [-0.2, 0) is 34.0 Å². The molecule has 3 rings (SSSR count). The van der Waals surface area contributed by atoms with E-state index >= 15 is 0 Å². The van der Waals surface area contributed by atoms with Crippen molar-refractivity contribution in [2.24, 2.45) is 0 Å². The molecule has 56 heavy (non-hydrogen) atoms. The van der Waals surface area contributed by atoms with Crippen LogP contribution < -0.4 is 5.32 Å². The van der Waals surface area contributed by atoms with E-state index in [0.717, 1.165) is 55.2 Å². The molecule has 7 nitrogen and oxygen atoms in total. The van der Waals surface area contributed by atoms with Gasteiger partial charge >= 0.3 is 17.9 Å². The van der Waals surface area contributed by atoms with E-state index in [4.69, 9.17) is 14.2 Å². The summed E-state index contributed by atoms with van der Waals surface area (Å²) in [6.07, 6.45) is 22.7. The average Bonchev–Trinajstić information content (AvgIpc) is 3.22. The monoisotopic (exact) mass is 765 g/mol. The minimum atomic E-state index is -0.684. The van der Waals surface area contributed by atoms with Crippen molar-refractivity contribution < 1.29 is 28.6 Å². The molecule has 1 N–H and O–H groups in total. The van der Waals surface area contributed by atoms with Gasteiger partial charge in [0, 0.05) is 25.1 Å². The Balaban J connectivity index is 1.14. The van der Waals surface area contributed by atoms with Crippen LogP contribution >= 0.6 is 0 Å². The fraction of sp³-hybridized carbons (Fsp3) is 0.490. The van der Waals surface area contributed by atoms with Gasteiger partial charge in [-0.05, 0) is 62.1 Å². The summed E-state index contributed by atoms with van der Waals surface area (Å²) in [5.74, 6) is -0.707. The van der Waals surface area contributed by atoms with Gasteiger partial charge in [0.2, 0.25) is 0 Å². The van der Waals surface area contributed by atoms with Crippen molar-refractivity contribution in [1.29, 1.82) is 0 Å². The molecule has 0 saturated heterocycles. The maximum absolute atomic E-state index is 13.4. The topological polar surface area (TPSA) is 90.9 Å². The van der Waals surface area contributed by atoms with Crippen molar-refractivity contribution in [3.63, 3.8) is 0 Å². The Hall–Kier alpha value is -4.49. The number of carbonyl (C=O) groups is 3. The van der Waals surface area contributed by atoms with Crippen LogP contribution in [-0.4, -0.2) is 50.8 Å². The number of allylic oxidation sites excluding steroid dienone is 2. The van der Waals surface area contributed by atoms with Crippen molar-refractivity contribution in [2.75, 3.05) is 32.9 Å². The lowest BCUT2D eigenvalue weighted by atomic mass is 9.67. The number of nitrogens with one attached hydrogen (secondary N) is 1. The molecule has 0 amide bonds. The third kappa shape index (κ3) is 18.4. The molecule has 0 radical (unpaired) electrons. The zero-order valence-corrected chi connectivity index (χ0v) is 34.0. The number of ether oxygens (including phenoxy) is 3. The highest BCUT2D eigenvalue weighted by Gasteiger charge is 2.39. The first-order valence-corrected chi connectivity index (χ1v) is 21.1. The molecule has 0 aromatic heterocycles. The predicted molar refractivity (Wildman–Crippen MR) is 227 cm³/mol. The van der Waals surface area contributed by atoms with Gasteiger partial charge in [-0.1, -0.05) is 168 Å². The first-order valence-electron chi connectivity index (χ1n) is 21.1. The highest BCUT2D eigenvalue weighted by molar-refractivity contribution is 5.86. The molecular weight excluding hydrogens is 699 g/mol. The number of hydrogen-bond acceptors (Lipinski definition) is 7. The molecule has 3 aromatic carbocycles. The molecule has 0 aliphatic heterocycles. The second-order valence-electron chi connectivity index (χ2n) is 14.7. The minimum absolute atomic E-state index is 0.152. The second kappa shape index (κ2) is 28.9. The molecule has 7 heteroatoms. The fourth-order valence-corrected chi connectivity index (χ4v) is 6.92. The summed E-state index contributed by atoms with van der Waals surface area (Å²) in [4.78, 5) is 36.9. The Bertz CT molecular complexity index is 1440. The van der Waals surface area contributed by atoms with Crippen molar-refractivity contribution in [3.05, 3.63) is 132 Å². The lowest BCUT2D eigenvalue weighted by Crippen LogP contribution is -2.34. The zero-order chi connectivity index (χ0) is 39.9. The second-order valence-corrected chi connectivity index (χ2v) is 14.7. The molecule has 304 valence electrons. The highest BCUT2D eigenvalue weighted by Crippen LogP contribution is 2.42. The molecule has 0 bridgehead atoms. The van der Waals surface area contributed by atoms with Crippen molar-refractivity contribution in [1.82, 2.24) is 5.32 Å². The summed E-state index contributed by atoms with van der Waals surface area (Å²) in [5, 5.41) is 3.22. The molecule has 3 aromatic rings. The lowest BCUT2D eigenvalue weighted by Gasteiger charge is -2.35. The van der Waals surface area contributed by atoms with E-state index in [1.165, 1.54) is 57.8 Å². The van der Waals surface area contributed by atoms with Crippen LogP contribution in [0.2, 0.25) is 0 Å². The highest BCUT2D eigenvalue weighted by atomic mass is 16.5. The molecule has 0 saturated carbocycles. The molecule has 0 unspecified atom stereocenters. The Kier molecular flexibility index (Phi) is 23.6. The molecule has 0 atom stereocenters. The van der Waals surface area contributed by atoms with E-state index in [2.05, 4.69) is 60.4 Å². The number of carbonyl (C=O) groups excluding carboxylic acids is 3. The SMILES string of the molecule is C=C(C)C(=O)OCCCCCCCCC/C=C/CCCCCCCCC(=O)OCCNCCOC(=O)CC(c1ccccc1)(c1ccccc1)c1ccccc1. The van der Waals surface area contributed by atoms with E-state index in [1.54, 1.807) is 6.92 Å². The molecule has 0 spiro atoms. The van der Waals surface area contributed by atoms with Gasteiger partial charge in [-0.2, -0.15) is 0 Å². The van der Waals surface area contributed by atoms with Crippen molar-refractivity contribution in [2.45, 2.75) is 121 Å². The molecular formula is C49H67NO6. The lowest BCUT2D eigenvalue weighted by molar-refractivity contribution is -0.144. The van der Waals surface area contributed by atoms with Crippen LogP contribution in [0.4, 0.5) is 0 Å². The predicted octanol–water partition coefficient (Wildman–Crippen LogP) is 11.0. The minimum Gasteiger partial charge on any atom is -0.464 e. The Labute approximate surface area is 337 Å². The third-order valence-corrected chi connectivity index (χ3v) is 10.1. The number of rotatable bonds is 31. The van der Waals surface area contributed by atoms with Crippen LogP contribution in [0.3, 0.4) is 0 Å². The van der Waals surface area contributed by atoms with E-state index in [0.29, 0.717) is 38.3 Å². The summed E-state index contributed by atoms with van der Waals surface area (Å²) in [6.45, 7) is 7.30. The average molecular weight is 766 g/mol. The van der Waals surface area contributed by atoms with E-state index in [1.807, 2.05) is 54.6 Å². The molecule has 0 aliphatic carbocycles. The number of esters is 3. The van der Waals surface area contributed by atoms with Gasteiger partial charge in [0.15, 0.2) is 0 Å². The fourth-order valence-electron chi connectivity index (χ4n) is 6.92. The van der Waals surface area contributed by atoms with E-state index < -0.39 is 5.41 Å². The summed E-state index contributed by atoms with van der Waals surface area (Å²) in [6, 6.07) is 30.4. The van der Waals surface area contributed by atoms with Crippen LogP contribution in [0, 0.1) is 0 Å². The van der Waals surface area contributed by atoms with Crippen LogP contribution in [0.15, 0.2) is 115 Å². The third-order valence-electron chi connectivity index (χ3n) is 10.1. The Morgan fingerprint density at radius 1 is 0.536 bits per heavy atom. The Morgan fingerprint density at radius 2 is 0.946 bits per heavy atom. The Morgan fingerprint density at radius 3 is 1.41 bits per heavy atom. The summed E-state index contributed by atoms with van der Waals surface area (Å²) in [7, 11) is 0. The van der Waals surface area contributed by atoms with Crippen molar-refractivity contribution in [3.8, 4) is 0 Å². The number of benzene rings is 3. The maximum Gasteiger partial charge on any atom is 0.333 e. The summed E-state index contributed by atoms with van der Waals surface area (Å²) >= 11 is 0. The normalized spacial score (nSPS) is 11.4. The summed E-state index contributed by atoms with van der Waals surface area (Å²) in [5.41, 5.74) is 2.89. The molecule has 0 fully saturated rings. The van der Waals surface area contributed by atoms with E-state index in [9.17, 15) is 14.4 Å². The van der Waals surface area contributed by atoms with Gasteiger partial charge in [0.25, 0.3) is 0 Å². The van der Waals surface area contributed by atoms with Gasteiger partial charge in [0.1, 0.15) is 13.2 Å². The maximum atomic E-state index is 13.4. The van der Waals surface area contributed by atoms with Gasteiger partial charge < -0.3 is 19.5 Å². The van der Waals surface area contributed by atoms with Crippen LogP contribution in [0.1, 0.15) is 133 Å². The van der Waals surface area contributed by atoms with Gasteiger partial charge in [-0.15, -0.1) is 0 Å². The molecule has 0 heterocycles. The quantitative estimate of drug-likeness (QED) is 0.0174. The van der Waals surface area contributed by atoms with Crippen molar-refractivity contribution >= 4 is 17.9 Å². The standard InChI is InChI=1S/C49H67NO6/c1-42(2)48(53)56-38-28-17-15-13-11-9-7-5-3-4-6-8-10-12-14-16-27-35-46(51)54-39-36-50-37-40-55-47(52)41-49(43-29-21-18-22-30-43,44-31-23-19-24-32-44)45-33-25-20-26-34-45/h3-4,18-26,29-34,50H,1,5-17,27-28,35-41H2,2H3/b4-3+. The first-order chi connectivity index (χ1) is 27.4. The van der Waals surface area contributed by atoms with Gasteiger partial charge in [-0.3, -0.25) is 9.59 Å². The zero-order valence-electron chi connectivity index (χ0n) is 34.0. The van der Waals surface area contributed by atoms with Crippen LogP contribution in [0.5, 0.6) is 0 Å². The molecule has 0 aliphatic rings. The number of hydrogen-bond donors (Lipinski definition) is 1. The number of unbranched alkanes of at least 4 members (excludes halogenated alkanes) is 13.